The first kappa shape index (κ1) is 15.1. The number of thiazole rings is 1. The fourth-order valence-corrected chi connectivity index (χ4v) is 3.30. The zero-order valence-corrected chi connectivity index (χ0v) is 13.0. The summed E-state index contributed by atoms with van der Waals surface area (Å²) in [6, 6.07) is 6.18. The highest BCUT2D eigenvalue weighted by atomic mass is 32.1. The van der Waals surface area contributed by atoms with Crippen molar-refractivity contribution >= 4 is 17.2 Å². The summed E-state index contributed by atoms with van der Waals surface area (Å²) in [7, 11) is 0. The fourth-order valence-electron chi connectivity index (χ4n) is 2.48. The van der Waals surface area contributed by atoms with Crippen LogP contribution >= 0.6 is 11.3 Å². The molecule has 116 valence electrons. The summed E-state index contributed by atoms with van der Waals surface area (Å²) in [5, 5.41) is 9.02. The molecular formula is C16H18FN3OS. The number of carbonyl (C=O) groups is 1. The van der Waals surface area contributed by atoms with Crippen molar-refractivity contribution in [2.45, 2.75) is 31.8 Å². The van der Waals surface area contributed by atoms with Crippen molar-refractivity contribution < 1.29 is 9.18 Å². The molecule has 1 atom stereocenters. The van der Waals surface area contributed by atoms with Crippen LogP contribution in [0.15, 0.2) is 29.6 Å². The van der Waals surface area contributed by atoms with Crippen LogP contribution in [0, 0.1) is 5.82 Å². The Morgan fingerprint density at radius 1 is 1.32 bits per heavy atom. The Balaban J connectivity index is 1.62. The minimum atomic E-state index is -0.249. The normalized spacial score (nSPS) is 18.8. The van der Waals surface area contributed by atoms with Crippen LogP contribution in [-0.2, 0) is 11.3 Å². The lowest BCUT2D eigenvalue weighted by Crippen LogP contribution is -2.42. The molecule has 1 amide bonds. The van der Waals surface area contributed by atoms with Crippen LogP contribution in [0.25, 0.3) is 10.6 Å². The van der Waals surface area contributed by atoms with Gasteiger partial charge in [0.05, 0.1) is 11.7 Å². The van der Waals surface area contributed by atoms with E-state index in [0.717, 1.165) is 42.1 Å². The van der Waals surface area contributed by atoms with Crippen LogP contribution in [0.3, 0.4) is 0 Å². The second kappa shape index (κ2) is 6.98. The number of nitrogens with one attached hydrogen (secondary N) is 2. The molecule has 1 fully saturated rings. The van der Waals surface area contributed by atoms with Crippen molar-refractivity contribution in [3.8, 4) is 10.6 Å². The van der Waals surface area contributed by atoms with Crippen molar-refractivity contribution in [3.05, 3.63) is 41.2 Å². The van der Waals surface area contributed by atoms with Gasteiger partial charge in [0, 0.05) is 24.0 Å². The van der Waals surface area contributed by atoms with Gasteiger partial charge in [-0.2, -0.15) is 0 Å². The number of nitrogens with zero attached hydrogens (tertiary/aromatic N) is 1. The van der Waals surface area contributed by atoms with Gasteiger partial charge < -0.3 is 10.6 Å². The van der Waals surface area contributed by atoms with Crippen LogP contribution in [0.5, 0.6) is 0 Å². The molecule has 1 aromatic heterocycles. The third-order valence-electron chi connectivity index (χ3n) is 3.71. The van der Waals surface area contributed by atoms with Gasteiger partial charge in [-0.25, -0.2) is 9.37 Å². The van der Waals surface area contributed by atoms with Gasteiger partial charge >= 0.3 is 0 Å². The average Bonchev–Trinajstić information content (AvgIpc) is 2.90. The summed E-state index contributed by atoms with van der Waals surface area (Å²) in [5.74, 6) is -0.173. The Morgan fingerprint density at radius 2 is 2.14 bits per heavy atom. The van der Waals surface area contributed by atoms with E-state index in [1.807, 2.05) is 5.38 Å². The largest absolute Gasteiger partial charge is 0.355 e. The van der Waals surface area contributed by atoms with Crippen molar-refractivity contribution in [1.29, 1.82) is 0 Å². The van der Waals surface area contributed by atoms with Crippen molar-refractivity contribution in [1.82, 2.24) is 15.6 Å². The quantitative estimate of drug-likeness (QED) is 0.911. The highest BCUT2D eigenvalue weighted by molar-refractivity contribution is 7.13. The number of rotatable bonds is 4. The molecule has 3 rings (SSSR count). The van der Waals surface area contributed by atoms with Gasteiger partial charge in [-0.15, -0.1) is 11.3 Å². The maximum atomic E-state index is 12.9. The Labute approximate surface area is 132 Å². The summed E-state index contributed by atoms with van der Waals surface area (Å²) in [6.07, 6.45) is 2.95. The number of halogens is 1. The second-order valence-corrected chi connectivity index (χ2v) is 6.23. The maximum Gasteiger partial charge on any atom is 0.237 e. The average molecular weight is 319 g/mol. The lowest BCUT2D eigenvalue weighted by atomic mass is 10.1. The number of aromatic nitrogens is 1. The van der Waals surface area contributed by atoms with Gasteiger partial charge in [0.1, 0.15) is 10.8 Å². The van der Waals surface area contributed by atoms with E-state index in [4.69, 9.17) is 0 Å². The van der Waals surface area contributed by atoms with Crippen molar-refractivity contribution in [3.63, 3.8) is 0 Å². The minimum Gasteiger partial charge on any atom is -0.355 e. The number of amides is 1. The minimum absolute atomic E-state index is 0.0755. The summed E-state index contributed by atoms with van der Waals surface area (Å²) in [6.45, 7) is 1.33. The molecule has 0 spiro atoms. The highest BCUT2D eigenvalue weighted by Gasteiger charge is 2.20. The first-order chi connectivity index (χ1) is 10.7. The Bertz CT molecular complexity index is 641. The molecule has 1 aliphatic heterocycles. The molecule has 4 nitrogen and oxygen atoms in total. The van der Waals surface area contributed by atoms with Gasteiger partial charge in [0.25, 0.3) is 0 Å². The summed E-state index contributed by atoms with van der Waals surface area (Å²) in [5.41, 5.74) is 1.81. The van der Waals surface area contributed by atoms with Crippen LogP contribution in [-0.4, -0.2) is 23.5 Å². The molecule has 0 radical (unpaired) electrons. The molecular weight excluding hydrogens is 301 g/mol. The Kier molecular flexibility index (Phi) is 4.80. The molecule has 0 aliphatic carbocycles. The predicted octanol–water partition coefficient (Wildman–Crippen LogP) is 2.71. The second-order valence-electron chi connectivity index (χ2n) is 5.37. The molecule has 2 heterocycles. The zero-order chi connectivity index (χ0) is 15.4. The summed E-state index contributed by atoms with van der Waals surface area (Å²) < 4.78 is 12.9. The van der Waals surface area contributed by atoms with E-state index < -0.39 is 0 Å². The number of carbonyl (C=O) groups excluding carboxylic acids is 1. The van der Waals surface area contributed by atoms with Gasteiger partial charge in [0.15, 0.2) is 0 Å². The fraction of sp³-hybridized carbons (Fsp3) is 0.375. The van der Waals surface area contributed by atoms with Gasteiger partial charge in [-0.3, -0.25) is 4.79 Å². The van der Waals surface area contributed by atoms with E-state index in [1.54, 1.807) is 12.1 Å². The molecule has 6 heteroatoms. The topological polar surface area (TPSA) is 54.0 Å². The van der Waals surface area contributed by atoms with Crippen LogP contribution in [0.2, 0.25) is 0 Å². The van der Waals surface area contributed by atoms with E-state index >= 15 is 0 Å². The van der Waals surface area contributed by atoms with Crippen LogP contribution < -0.4 is 10.6 Å². The van der Waals surface area contributed by atoms with Crippen molar-refractivity contribution in [2.24, 2.45) is 0 Å². The molecule has 2 aromatic rings. The molecule has 1 aliphatic rings. The van der Waals surface area contributed by atoms with E-state index in [-0.39, 0.29) is 17.8 Å². The molecule has 0 saturated carbocycles. The smallest absolute Gasteiger partial charge is 0.237 e. The standard InChI is InChI=1S/C16H18FN3OS/c17-12-6-4-11(5-7-12)16-20-13(10-22-16)9-19-14-3-1-2-8-18-15(14)21/h4-7,10,14,19H,1-3,8-9H2,(H,18,21)/t14-/m1/s1. The number of hydrogen-bond acceptors (Lipinski definition) is 4. The van der Waals surface area contributed by atoms with E-state index in [0.29, 0.717) is 6.54 Å². The molecule has 1 aromatic carbocycles. The van der Waals surface area contributed by atoms with E-state index in [2.05, 4.69) is 15.6 Å². The lowest BCUT2D eigenvalue weighted by Gasteiger charge is -2.13. The first-order valence-corrected chi connectivity index (χ1v) is 8.32. The molecule has 22 heavy (non-hydrogen) atoms. The van der Waals surface area contributed by atoms with Crippen molar-refractivity contribution in [2.75, 3.05) is 6.54 Å². The SMILES string of the molecule is O=C1NCCCC[C@H]1NCc1csc(-c2ccc(F)cc2)n1. The molecule has 0 bridgehead atoms. The molecule has 1 saturated heterocycles. The summed E-state index contributed by atoms with van der Waals surface area (Å²) >= 11 is 1.53. The number of hydrogen-bond donors (Lipinski definition) is 2. The van der Waals surface area contributed by atoms with Gasteiger partial charge in [-0.05, 0) is 43.5 Å². The van der Waals surface area contributed by atoms with Crippen LogP contribution in [0.4, 0.5) is 4.39 Å². The monoisotopic (exact) mass is 319 g/mol. The van der Waals surface area contributed by atoms with E-state index in [9.17, 15) is 9.18 Å². The Hall–Kier alpha value is -1.79. The maximum absolute atomic E-state index is 12.9. The first-order valence-electron chi connectivity index (χ1n) is 7.44. The lowest BCUT2D eigenvalue weighted by molar-refractivity contribution is -0.122. The highest BCUT2D eigenvalue weighted by Crippen LogP contribution is 2.23. The summed E-state index contributed by atoms with van der Waals surface area (Å²) in [4.78, 5) is 16.4. The molecule has 2 N–H and O–H groups in total. The zero-order valence-electron chi connectivity index (χ0n) is 12.1. The van der Waals surface area contributed by atoms with E-state index in [1.165, 1.54) is 23.5 Å². The Morgan fingerprint density at radius 3 is 2.95 bits per heavy atom. The number of benzene rings is 1. The predicted molar refractivity (Wildman–Crippen MR) is 85.0 cm³/mol. The third kappa shape index (κ3) is 3.69. The van der Waals surface area contributed by atoms with Gasteiger partial charge in [0.2, 0.25) is 5.91 Å². The third-order valence-corrected chi connectivity index (χ3v) is 4.65. The molecule has 0 unspecified atom stereocenters. The van der Waals surface area contributed by atoms with Crippen LogP contribution in [0.1, 0.15) is 25.0 Å². The van der Waals surface area contributed by atoms with Gasteiger partial charge in [-0.1, -0.05) is 0 Å².